The fourth-order valence-corrected chi connectivity index (χ4v) is 2.42. The summed E-state index contributed by atoms with van der Waals surface area (Å²) in [5.74, 6) is -0.461. The fourth-order valence-electron chi connectivity index (χ4n) is 1.12. The molecule has 0 aromatic heterocycles. The Hall–Kier alpha value is -1.28. The number of rotatable bonds is 2. The third-order valence-electron chi connectivity index (χ3n) is 1.85. The van der Waals surface area contributed by atoms with Crippen molar-refractivity contribution >= 4 is 33.0 Å². The van der Waals surface area contributed by atoms with Gasteiger partial charge in [0.15, 0.2) is 0 Å². The molecular weight excluding hydrogens is 295 g/mol. The van der Waals surface area contributed by atoms with Crippen molar-refractivity contribution in [1.82, 2.24) is 0 Å². The van der Waals surface area contributed by atoms with E-state index >= 15 is 0 Å². The molecule has 0 bridgehead atoms. The Balaban J connectivity index is 3.27. The molecular formula is C9H7ClF3NO3S. The van der Waals surface area contributed by atoms with Crippen LogP contribution in [0.1, 0.15) is 6.92 Å². The van der Waals surface area contributed by atoms with E-state index in [-0.39, 0.29) is 5.69 Å². The molecule has 4 nitrogen and oxygen atoms in total. The first kappa shape index (κ1) is 14.8. The van der Waals surface area contributed by atoms with E-state index in [0.717, 1.165) is 12.1 Å². The minimum atomic E-state index is -5.50. The van der Waals surface area contributed by atoms with E-state index in [1.54, 1.807) is 0 Å². The maximum Gasteiger partial charge on any atom is 0.501 e. The van der Waals surface area contributed by atoms with Gasteiger partial charge in [-0.1, -0.05) is 11.6 Å². The number of alkyl halides is 3. The van der Waals surface area contributed by atoms with E-state index in [0.29, 0.717) is 6.07 Å². The van der Waals surface area contributed by atoms with Gasteiger partial charge >= 0.3 is 5.51 Å². The Morgan fingerprint density at radius 3 is 2.28 bits per heavy atom. The van der Waals surface area contributed by atoms with Crippen LogP contribution in [-0.2, 0) is 14.6 Å². The van der Waals surface area contributed by atoms with Gasteiger partial charge in [0.1, 0.15) is 0 Å². The summed E-state index contributed by atoms with van der Waals surface area (Å²) in [7, 11) is -5.50. The monoisotopic (exact) mass is 301 g/mol. The smallest absolute Gasteiger partial charge is 0.326 e. The topological polar surface area (TPSA) is 63.2 Å². The molecule has 0 radical (unpaired) electrons. The van der Waals surface area contributed by atoms with E-state index in [4.69, 9.17) is 11.6 Å². The molecule has 0 aliphatic heterocycles. The Kier molecular flexibility index (Phi) is 3.92. The maximum absolute atomic E-state index is 12.3. The molecule has 100 valence electrons. The first-order valence-electron chi connectivity index (χ1n) is 4.44. The normalized spacial score (nSPS) is 12.3. The predicted molar refractivity (Wildman–Crippen MR) is 59.0 cm³/mol. The van der Waals surface area contributed by atoms with Gasteiger partial charge in [-0.3, -0.25) is 4.79 Å². The molecule has 0 aliphatic rings. The first-order valence-corrected chi connectivity index (χ1v) is 6.30. The SMILES string of the molecule is CC(=O)Nc1ccc(S(=O)(=O)C(F)(F)F)c(Cl)c1. The molecule has 0 spiro atoms. The highest BCUT2D eigenvalue weighted by atomic mass is 35.5. The summed E-state index contributed by atoms with van der Waals surface area (Å²) in [6.45, 7) is 1.19. The highest BCUT2D eigenvalue weighted by Crippen LogP contribution is 2.35. The van der Waals surface area contributed by atoms with Crippen LogP contribution >= 0.6 is 11.6 Å². The molecule has 0 atom stereocenters. The molecule has 1 N–H and O–H groups in total. The number of benzene rings is 1. The number of anilines is 1. The third kappa shape index (κ3) is 2.94. The van der Waals surface area contributed by atoms with Crippen LogP contribution in [0.2, 0.25) is 5.02 Å². The summed E-state index contributed by atoms with van der Waals surface area (Å²) in [5.41, 5.74) is -5.32. The minimum absolute atomic E-state index is 0.105. The number of halogens is 4. The number of carbonyl (C=O) groups excluding carboxylic acids is 1. The summed E-state index contributed by atoms with van der Waals surface area (Å²) < 4.78 is 59.1. The van der Waals surface area contributed by atoms with Crippen LogP contribution < -0.4 is 5.32 Å². The number of sulfone groups is 1. The van der Waals surface area contributed by atoms with E-state index in [9.17, 15) is 26.4 Å². The Labute approximate surface area is 106 Å². The zero-order chi connectivity index (χ0) is 14.1. The van der Waals surface area contributed by atoms with E-state index < -0.39 is 31.2 Å². The van der Waals surface area contributed by atoms with Crippen LogP contribution in [0, 0.1) is 0 Å². The van der Waals surface area contributed by atoms with Crippen LogP contribution in [-0.4, -0.2) is 19.8 Å². The molecule has 1 aromatic carbocycles. The lowest BCUT2D eigenvalue weighted by Gasteiger charge is -2.10. The standard InChI is InChI=1S/C9H7ClF3NO3S/c1-5(15)14-6-2-3-8(7(10)4-6)18(16,17)9(11,12)13/h2-4H,1H3,(H,14,15). The van der Waals surface area contributed by atoms with Crippen molar-refractivity contribution in [3.05, 3.63) is 23.2 Å². The largest absolute Gasteiger partial charge is 0.501 e. The van der Waals surface area contributed by atoms with Gasteiger partial charge in [0.05, 0.1) is 9.92 Å². The second-order valence-electron chi connectivity index (χ2n) is 3.28. The number of carbonyl (C=O) groups is 1. The van der Waals surface area contributed by atoms with Crippen molar-refractivity contribution in [2.75, 3.05) is 5.32 Å². The zero-order valence-corrected chi connectivity index (χ0v) is 10.4. The lowest BCUT2D eigenvalue weighted by Crippen LogP contribution is -2.23. The van der Waals surface area contributed by atoms with Crippen molar-refractivity contribution in [3.63, 3.8) is 0 Å². The second-order valence-corrected chi connectivity index (χ2v) is 5.59. The van der Waals surface area contributed by atoms with Crippen LogP contribution in [0.3, 0.4) is 0 Å². The van der Waals surface area contributed by atoms with E-state index in [2.05, 4.69) is 5.32 Å². The number of nitrogens with one attached hydrogen (secondary N) is 1. The Morgan fingerprint density at radius 2 is 1.89 bits per heavy atom. The van der Waals surface area contributed by atoms with Crippen LogP contribution in [0.15, 0.2) is 23.1 Å². The van der Waals surface area contributed by atoms with E-state index in [1.165, 1.54) is 6.92 Å². The van der Waals surface area contributed by atoms with Gasteiger partial charge in [-0.2, -0.15) is 13.2 Å². The summed E-state index contributed by atoms with van der Waals surface area (Å²) in [5, 5.41) is 1.65. The average Bonchev–Trinajstić information content (AvgIpc) is 2.13. The fraction of sp³-hybridized carbons (Fsp3) is 0.222. The lowest BCUT2D eigenvalue weighted by molar-refractivity contribution is -0.114. The van der Waals surface area contributed by atoms with Gasteiger partial charge in [-0.25, -0.2) is 8.42 Å². The minimum Gasteiger partial charge on any atom is -0.326 e. The highest BCUT2D eigenvalue weighted by Gasteiger charge is 2.47. The van der Waals surface area contributed by atoms with Gasteiger partial charge < -0.3 is 5.32 Å². The summed E-state index contributed by atoms with van der Waals surface area (Å²) in [4.78, 5) is 9.66. The average molecular weight is 302 g/mol. The Bertz CT molecular complexity index is 583. The van der Waals surface area contributed by atoms with Crippen LogP contribution in [0.4, 0.5) is 18.9 Å². The van der Waals surface area contributed by atoms with Crippen molar-refractivity contribution < 1.29 is 26.4 Å². The van der Waals surface area contributed by atoms with Gasteiger partial charge in [0.25, 0.3) is 9.84 Å². The summed E-state index contributed by atoms with van der Waals surface area (Å²) in [6, 6.07) is 2.64. The molecule has 18 heavy (non-hydrogen) atoms. The quantitative estimate of drug-likeness (QED) is 0.913. The maximum atomic E-state index is 12.3. The zero-order valence-electron chi connectivity index (χ0n) is 8.88. The van der Waals surface area contributed by atoms with Crippen molar-refractivity contribution in [2.24, 2.45) is 0 Å². The second kappa shape index (κ2) is 4.77. The molecule has 0 heterocycles. The molecule has 1 amide bonds. The number of hydrogen-bond donors (Lipinski definition) is 1. The lowest BCUT2D eigenvalue weighted by atomic mass is 10.3. The molecule has 0 fully saturated rings. The molecule has 1 rings (SSSR count). The number of amides is 1. The molecule has 0 aliphatic carbocycles. The predicted octanol–water partition coefficient (Wildman–Crippen LogP) is 2.59. The van der Waals surface area contributed by atoms with Crippen LogP contribution in [0.25, 0.3) is 0 Å². The van der Waals surface area contributed by atoms with Gasteiger partial charge in [-0.15, -0.1) is 0 Å². The molecule has 0 saturated carbocycles. The van der Waals surface area contributed by atoms with Crippen molar-refractivity contribution in [2.45, 2.75) is 17.3 Å². The summed E-state index contributed by atoms with van der Waals surface area (Å²) >= 11 is 5.47. The van der Waals surface area contributed by atoms with Crippen LogP contribution in [0.5, 0.6) is 0 Å². The van der Waals surface area contributed by atoms with Gasteiger partial charge in [0.2, 0.25) is 5.91 Å². The summed E-state index contributed by atoms with van der Waals surface area (Å²) in [6.07, 6.45) is 0. The molecule has 0 unspecified atom stereocenters. The van der Waals surface area contributed by atoms with Crippen molar-refractivity contribution in [1.29, 1.82) is 0 Å². The van der Waals surface area contributed by atoms with Gasteiger partial charge in [0, 0.05) is 12.6 Å². The highest BCUT2D eigenvalue weighted by molar-refractivity contribution is 7.92. The molecule has 9 heteroatoms. The first-order chi connectivity index (χ1) is 8.05. The Morgan fingerprint density at radius 1 is 1.33 bits per heavy atom. The molecule has 0 saturated heterocycles. The molecule has 1 aromatic rings. The van der Waals surface area contributed by atoms with E-state index in [1.807, 2.05) is 0 Å². The number of hydrogen-bond acceptors (Lipinski definition) is 3. The van der Waals surface area contributed by atoms with Crippen molar-refractivity contribution in [3.8, 4) is 0 Å². The third-order valence-corrected chi connectivity index (χ3v) is 3.82. The van der Waals surface area contributed by atoms with Gasteiger partial charge in [-0.05, 0) is 18.2 Å².